The fourth-order valence-electron chi connectivity index (χ4n) is 14.9. The summed E-state index contributed by atoms with van der Waals surface area (Å²) in [5.41, 5.74) is 0. The summed E-state index contributed by atoms with van der Waals surface area (Å²) >= 11 is 0. The lowest BCUT2D eigenvalue weighted by Crippen LogP contribution is -2.27. The van der Waals surface area contributed by atoms with Gasteiger partial charge in [0.15, 0.2) is 0 Å². The molecule has 13 heteroatoms. The average molecular weight is 1590 g/mol. The number of unbranched alkanes of at least 4 members (excludes halogenated alkanes) is 60. The number of nitrogens with zero attached hydrogens (tertiary/aromatic N) is 4. The fraction of sp³-hybridized carbons (Fsp3) is 1.00. The van der Waals surface area contributed by atoms with Crippen molar-refractivity contribution in [2.75, 3.05) is 78.5 Å². The Hall–Kier alpha value is 0.100. The maximum atomic E-state index is 9.63. The van der Waals surface area contributed by atoms with Crippen LogP contribution in [0.2, 0.25) is 0 Å². The van der Waals surface area contributed by atoms with Crippen LogP contribution in [-0.4, -0.2) is 118 Å². The van der Waals surface area contributed by atoms with Crippen molar-refractivity contribution in [1.82, 2.24) is 19.6 Å². The van der Waals surface area contributed by atoms with Crippen molar-refractivity contribution in [2.45, 2.75) is 545 Å². The summed E-state index contributed by atoms with van der Waals surface area (Å²) in [5.74, 6) is 0. The Kier molecular flexibility index (Phi) is 112. The molecule has 664 valence electrons. The smallest absolute Gasteiger partial charge is 0.303 e. The average Bonchev–Trinajstić information content (AvgIpc) is 0.919. The van der Waals surface area contributed by atoms with Gasteiger partial charge in [-0.1, -0.05) is 468 Å². The molecule has 0 aromatic rings. The van der Waals surface area contributed by atoms with Gasteiger partial charge in [0.2, 0.25) is 0 Å². The third kappa shape index (κ3) is 117. The van der Waals surface area contributed by atoms with Gasteiger partial charge in [-0.3, -0.25) is 0 Å². The van der Waals surface area contributed by atoms with Crippen molar-refractivity contribution >= 4 is 15.6 Å². The minimum Gasteiger partial charge on any atom is -0.303 e. The first kappa shape index (κ1) is 118. The Balaban J connectivity index is -0.000000424. The third-order valence-electron chi connectivity index (χ3n) is 22.1. The van der Waals surface area contributed by atoms with Crippen LogP contribution in [0.25, 0.3) is 0 Å². The summed E-state index contributed by atoms with van der Waals surface area (Å²) in [6.07, 6.45) is 103. The second-order valence-electron chi connectivity index (χ2n) is 33.6. The molecular weight excluding hydrogens is 1380 g/mol. The van der Waals surface area contributed by atoms with Gasteiger partial charge in [-0.05, 0) is 156 Å². The molecule has 0 saturated heterocycles. The lowest BCUT2D eigenvalue weighted by atomic mass is 10.1. The zero-order valence-electron chi connectivity index (χ0n) is 77.1. The number of hydrogen-bond donors (Lipinski definition) is 4. The van der Waals surface area contributed by atoms with Crippen LogP contribution in [0, 0.1) is 0 Å². The molecule has 0 aliphatic rings. The molecule has 0 atom stereocenters. The number of hydrogen-bond acceptors (Lipinski definition) is 7. The molecule has 11 nitrogen and oxygen atoms in total. The molecule has 0 bridgehead atoms. The van der Waals surface area contributed by atoms with E-state index in [1.54, 1.807) is 0 Å². The highest BCUT2D eigenvalue weighted by Gasteiger charge is 2.28. The van der Waals surface area contributed by atoms with Gasteiger partial charge in [0, 0.05) is 0 Å². The summed E-state index contributed by atoms with van der Waals surface area (Å²) in [6, 6.07) is 0. The van der Waals surface area contributed by atoms with Crippen LogP contribution in [0.1, 0.15) is 545 Å². The maximum absolute atomic E-state index is 9.63. The summed E-state index contributed by atoms with van der Waals surface area (Å²) in [6.45, 7) is 44.0. The van der Waals surface area contributed by atoms with E-state index in [9.17, 15) is 9.13 Å². The molecule has 0 saturated carbocycles. The third-order valence-corrected chi connectivity index (χ3v) is 23.8. The molecule has 0 aliphatic heterocycles. The largest absolute Gasteiger partial charge is 0.478 e. The predicted molar refractivity (Wildman–Crippen MR) is 491 cm³/mol. The molecule has 0 rings (SSSR count). The van der Waals surface area contributed by atoms with E-state index >= 15 is 0 Å². The molecular formula is C96H208N4O7P2. The van der Waals surface area contributed by atoms with Crippen LogP contribution < -0.4 is 0 Å². The van der Waals surface area contributed by atoms with Crippen molar-refractivity contribution in [2.24, 2.45) is 0 Å². The molecule has 0 fully saturated rings. The Morgan fingerprint density at radius 2 is 0.220 bits per heavy atom. The first-order chi connectivity index (χ1) is 53.1. The van der Waals surface area contributed by atoms with Gasteiger partial charge < -0.3 is 39.2 Å². The minimum absolute atomic E-state index is 1.36. The van der Waals surface area contributed by atoms with Crippen LogP contribution in [0.4, 0.5) is 0 Å². The zero-order valence-corrected chi connectivity index (χ0v) is 78.9. The Morgan fingerprint density at radius 3 is 0.284 bits per heavy atom. The summed E-state index contributed by atoms with van der Waals surface area (Å²) in [7, 11) is -10.1. The van der Waals surface area contributed by atoms with E-state index in [1.165, 1.54) is 541 Å². The molecule has 0 aromatic carbocycles. The summed E-state index contributed by atoms with van der Waals surface area (Å²) in [5, 5.41) is 0. The highest BCUT2D eigenvalue weighted by Crippen LogP contribution is 2.53. The van der Waals surface area contributed by atoms with E-state index in [0.717, 1.165) is 0 Å². The molecule has 0 heterocycles. The highest BCUT2D eigenvalue weighted by molar-refractivity contribution is 7.60. The van der Waals surface area contributed by atoms with Crippen LogP contribution in [0.15, 0.2) is 0 Å². The second kappa shape index (κ2) is 104. The fourth-order valence-corrected chi connectivity index (χ4v) is 16.0. The molecule has 0 spiro atoms. The molecule has 0 unspecified atom stereocenters. The van der Waals surface area contributed by atoms with E-state index in [2.05, 4.69) is 107 Å². The summed E-state index contributed by atoms with van der Waals surface area (Å²) < 4.78 is 22.2. The second-order valence-corrected chi connectivity index (χ2v) is 36.3. The van der Waals surface area contributed by atoms with Gasteiger partial charge in [-0.15, -0.1) is 0 Å². The van der Waals surface area contributed by atoms with Crippen LogP contribution >= 0.6 is 15.6 Å². The van der Waals surface area contributed by atoms with Crippen LogP contribution in [0.5, 0.6) is 0 Å². The van der Waals surface area contributed by atoms with Gasteiger partial charge in [-0.2, -0.15) is 4.31 Å². The predicted octanol–water partition coefficient (Wildman–Crippen LogP) is 32.7. The van der Waals surface area contributed by atoms with Crippen molar-refractivity contribution in [3.05, 3.63) is 0 Å². The lowest BCUT2D eigenvalue weighted by molar-refractivity contribution is 0.225. The Labute approximate surface area is 688 Å². The van der Waals surface area contributed by atoms with Crippen LogP contribution in [0.3, 0.4) is 0 Å². The van der Waals surface area contributed by atoms with E-state index in [1.807, 2.05) is 0 Å². The highest BCUT2D eigenvalue weighted by atomic mass is 31.3. The molecule has 0 aromatic heterocycles. The molecule has 0 radical (unpaired) electrons. The Bertz CT molecular complexity index is 1300. The standard InChI is InChI=1S/4C24H51N.H4O7P2/c4*1-4-7-10-13-16-19-22-25(23-20-17-14-11-8-5-2)24-21-18-15-12-9-6-3;1-8(2,3)7-9(4,5)6/h4*4-24H2,1-3H3;(H2,1,2,3)(H2,4,5,6). The first-order valence-electron chi connectivity index (χ1n) is 49.8. The normalized spacial score (nSPS) is 11.7. The van der Waals surface area contributed by atoms with Crippen molar-refractivity contribution in [3.63, 3.8) is 0 Å². The van der Waals surface area contributed by atoms with Gasteiger partial charge in [0.25, 0.3) is 0 Å². The molecule has 109 heavy (non-hydrogen) atoms. The van der Waals surface area contributed by atoms with Gasteiger partial charge in [0.05, 0.1) is 0 Å². The van der Waals surface area contributed by atoms with E-state index in [0.29, 0.717) is 0 Å². The molecule has 0 amide bonds. The first-order valence-corrected chi connectivity index (χ1v) is 52.9. The van der Waals surface area contributed by atoms with Crippen molar-refractivity contribution in [3.8, 4) is 0 Å². The maximum Gasteiger partial charge on any atom is 0.478 e. The lowest BCUT2D eigenvalue weighted by Gasteiger charge is -2.22. The minimum atomic E-state index is -5.05. The molecule has 0 aliphatic carbocycles. The molecule has 4 N–H and O–H groups in total. The van der Waals surface area contributed by atoms with Gasteiger partial charge >= 0.3 is 15.6 Å². The van der Waals surface area contributed by atoms with Gasteiger partial charge in [-0.25, -0.2) is 9.13 Å². The SMILES string of the molecule is CCCCCCCCN(CCCCCCCC)CCCCCCCC.CCCCCCCCN(CCCCCCCC)CCCCCCCC.CCCCCCCCN(CCCCCCCC)CCCCCCCC.CCCCCCCCN(CCCCCCCC)CCCCCCCC.O=P(O)(O)OP(=O)(O)O. The van der Waals surface area contributed by atoms with E-state index in [4.69, 9.17) is 19.6 Å². The van der Waals surface area contributed by atoms with Crippen molar-refractivity contribution < 1.29 is 33.0 Å². The van der Waals surface area contributed by atoms with E-state index in [-0.39, 0.29) is 0 Å². The van der Waals surface area contributed by atoms with Crippen molar-refractivity contribution in [1.29, 1.82) is 0 Å². The summed E-state index contributed by atoms with van der Waals surface area (Å²) in [4.78, 5) is 42.2. The Morgan fingerprint density at radius 1 is 0.147 bits per heavy atom. The number of phosphoric acid groups is 2. The number of rotatable bonds is 86. The quantitative estimate of drug-likeness (QED) is 0.0342. The zero-order chi connectivity index (χ0) is 81.4. The topological polar surface area (TPSA) is 137 Å². The monoisotopic (exact) mass is 1590 g/mol. The van der Waals surface area contributed by atoms with Gasteiger partial charge in [0.1, 0.15) is 0 Å². The van der Waals surface area contributed by atoms with E-state index < -0.39 is 15.6 Å². The van der Waals surface area contributed by atoms with Crippen LogP contribution in [-0.2, 0) is 13.4 Å².